The summed E-state index contributed by atoms with van der Waals surface area (Å²) in [4.78, 5) is 73.3. The lowest BCUT2D eigenvalue weighted by Crippen LogP contribution is -2.54. The summed E-state index contributed by atoms with van der Waals surface area (Å²) in [5, 5.41) is 11.8. The van der Waals surface area contributed by atoms with E-state index in [1.807, 2.05) is 60.7 Å². The second-order valence-electron chi connectivity index (χ2n) is 23.3. The Morgan fingerprint density at radius 2 is 0.914 bits per heavy atom. The lowest BCUT2D eigenvalue weighted by molar-refractivity contribution is -0.122. The third-order valence-electron chi connectivity index (χ3n) is 15.9. The molecule has 5 saturated heterocycles. The maximum atomic E-state index is 13.5. The Balaban J connectivity index is 0.000000200. The minimum atomic E-state index is -3.71. The Morgan fingerprint density at radius 3 is 1.30 bits per heavy atom. The summed E-state index contributed by atoms with van der Waals surface area (Å²) >= 11 is 0. The van der Waals surface area contributed by atoms with Gasteiger partial charge in [-0.3, -0.25) is 48.8 Å². The molecule has 1 saturated carbocycles. The zero-order chi connectivity index (χ0) is 66.9. The van der Waals surface area contributed by atoms with E-state index >= 15 is 0 Å². The van der Waals surface area contributed by atoms with Crippen molar-refractivity contribution in [3.05, 3.63) is 119 Å². The first-order chi connectivity index (χ1) is 44.8. The van der Waals surface area contributed by atoms with E-state index in [-0.39, 0.29) is 34.1 Å². The average Bonchev–Trinajstić information content (AvgIpc) is 1.68. The highest BCUT2D eigenvalue weighted by Gasteiger charge is 2.50. The van der Waals surface area contributed by atoms with Crippen LogP contribution < -0.4 is 21.3 Å². The van der Waals surface area contributed by atoms with Crippen LogP contribution in [0.4, 0.5) is 17.1 Å². The summed E-state index contributed by atoms with van der Waals surface area (Å²) in [6, 6.07) is 30.3. The van der Waals surface area contributed by atoms with Crippen LogP contribution >= 0.6 is 0 Å². The number of anilines is 3. The largest absolute Gasteiger partial charge is 0.359 e. The molecule has 19 heteroatoms. The van der Waals surface area contributed by atoms with Crippen LogP contribution in [0.25, 0.3) is 0 Å². The van der Waals surface area contributed by atoms with Crippen molar-refractivity contribution in [1.82, 2.24) is 24.3 Å². The van der Waals surface area contributed by atoms with Crippen LogP contribution in [-0.2, 0) is 74.3 Å². The molecule has 3 amide bonds. The maximum Gasteiger partial charge on any atom is 0.245 e. The summed E-state index contributed by atoms with van der Waals surface area (Å²) in [5.74, 6) is 27.6. The first-order valence-corrected chi connectivity index (χ1v) is 33.0. The Bertz CT molecular complexity index is 3650. The molecular weight excluding hydrogens is 1190 g/mol. The van der Waals surface area contributed by atoms with Crippen molar-refractivity contribution >= 4 is 62.2 Å². The molecule has 6 fully saturated rings. The smallest absolute Gasteiger partial charge is 0.245 e. The number of piperidine rings is 3. The molecule has 2 spiro atoms. The molecule has 5 aliphatic heterocycles. The topological polar surface area (TPSA) is 216 Å². The van der Waals surface area contributed by atoms with Crippen molar-refractivity contribution in [2.45, 2.75) is 148 Å². The summed E-state index contributed by atoms with van der Waals surface area (Å²) < 4.78 is 40.4. The number of ketones is 3. The van der Waals surface area contributed by atoms with Crippen molar-refractivity contribution < 1.29 is 46.7 Å². The fourth-order valence-corrected chi connectivity index (χ4v) is 13.0. The minimum absolute atomic E-state index is 0.0341. The number of amides is 3. The van der Waals surface area contributed by atoms with Crippen LogP contribution in [0.1, 0.15) is 128 Å². The Hall–Kier alpha value is -8.67. The van der Waals surface area contributed by atoms with Crippen molar-refractivity contribution in [1.29, 1.82) is 0 Å². The van der Waals surface area contributed by atoms with E-state index in [0.717, 1.165) is 139 Å². The second kappa shape index (κ2) is 38.4. The number of rotatable bonds is 13. The molecule has 18 nitrogen and oxygen atoms in total. The molecule has 4 aromatic carbocycles. The van der Waals surface area contributed by atoms with E-state index in [1.165, 1.54) is 49.5 Å². The number of terminal acetylenes is 1. The first-order valence-electron chi connectivity index (χ1n) is 31.6. The van der Waals surface area contributed by atoms with Crippen LogP contribution in [0.2, 0.25) is 0 Å². The van der Waals surface area contributed by atoms with E-state index in [2.05, 4.69) is 113 Å². The average molecular weight is 1280 g/mol. The maximum absolute atomic E-state index is 13.5. The number of hydrogen-bond acceptors (Lipinski definition) is 14. The number of nitrogens with one attached hydrogen (secondary N) is 4. The van der Waals surface area contributed by atoms with E-state index in [1.54, 1.807) is 31.2 Å². The van der Waals surface area contributed by atoms with Gasteiger partial charge in [-0.15, -0.1) is 6.42 Å². The molecule has 1 aliphatic carbocycles. The first kappa shape index (κ1) is 73.4. The van der Waals surface area contributed by atoms with Gasteiger partial charge in [0.25, 0.3) is 0 Å². The van der Waals surface area contributed by atoms with Gasteiger partial charge in [-0.2, -0.15) is 4.31 Å². The van der Waals surface area contributed by atoms with E-state index in [0.29, 0.717) is 56.8 Å². The Labute approximate surface area is 550 Å². The Kier molecular flexibility index (Phi) is 30.3. The second-order valence-corrected chi connectivity index (χ2v) is 25.1. The van der Waals surface area contributed by atoms with Gasteiger partial charge >= 0.3 is 0 Å². The van der Waals surface area contributed by atoms with Gasteiger partial charge in [0.15, 0.2) is 0 Å². The number of benzene rings is 4. The van der Waals surface area contributed by atoms with Crippen LogP contribution in [0, 0.1) is 71.5 Å². The van der Waals surface area contributed by atoms with Crippen LogP contribution in [0.3, 0.4) is 0 Å². The fourth-order valence-electron chi connectivity index (χ4n) is 11.2. The monoisotopic (exact) mass is 1280 g/mol. The molecule has 5 heterocycles. The molecule has 0 aromatic heterocycles. The van der Waals surface area contributed by atoms with E-state index in [9.17, 15) is 37.2 Å². The molecule has 10 rings (SSSR count). The number of likely N-dealkylation sites (tertiary alicyclic amines) is 3. The van der Waals surface area contributed by atoms with Crippen molar-refractivity contribution in [3.63, 3.8) is 0 Å². The third kappa shape index (κ3) is 26.1. The number of Topliss-reactive ketones (excluding diaryl/α,β-unsaturated/α-hetero) is 3. The van der Waals surface area contributed by atoms with Crippen molar-refractivity contribution in [3.8, 4) is 71.5 Å². The highest BCUT2D eigenvalue weighted by molar-refractivity contribution is 7.89. The van der Waals surface area contributed by atoms with Crippen molar-refractivity contribution in [2.24, 2.45) is 0 Å². The lowest BCUT2D eigenvalue weighted by Gasteiger charge is -2.42. The molecule has 0 unspecified atom stereocenters. The van der Waals surface area contributed by atoms with Gasteiger partial charge in [0, 0.05) is 168 Å². The number of nitrogens with zero attached hydrogens (tertiary/aromatic N) is 4. The van der Waals surface area contributed by atoms with Crippen LogP contribution in [-0.4, -0.2) is 140 Å². The van der Waals surface area contributed by atoms with Gasteiger partial charge in [0.1, 0.15) is 28.8 Å². The van der Waals surface area contributed by atoms with Gasteiger partial charge in [0.05, 0.1) is 18.1 Å². The highest BCUT2D eigenvalue weighted by atomic mass is 32.2. The fraction of sp³-hybridized carbons (Fsp3) is 0.432. The molecule has 6 aliphatic rings. The number of hydrogen-bond donors (Lipinski definition) is 4. The standard InChI is InChI=1S/C25H31N3O5S.C16H23N3O2.C14H18N2O2.C13H4.C6H10O/c1-19(29)17-21-5-9-24(10-6-21)34(31,32)28-15-16-33-25(28)11-13-27(14-12-25)18-22-3-7-23(8-4-22)26-20(2)30;1-13(20)18-15-4-2-14(3-5-15)12-19-9-6-16(7-10-19)17-8-11-21-16;1-11(17)15-13-4-2-12(3-5-13)10-16-8-6-14(18)7-9-16;1-3-5-7-9-11-13-12-10-8-6-4-2;7-6-4-2-1-3-5-6/h3-10H,11-18H2,1-2H3,(H,26,30);2-5,17H,6-12H2,1H3,(H,18,20);2-5H,6-10H2,1H3,(H,15,17);1H,2H3;1-5H2. The SMILES string of the molecule is C#CC#CC#CC#CC#CC#CC.CC(=O)Cc1ccc(S(=O)(=O)N2CCOC23CCN(Cc2ccc(NC(C)=O)cc2)CC3)cc1.CC(=O)Nc1ccc(CN2CCC(=O)CC2)cc1.CC(=O)Nc1ccc(CN2CCC3(CC2)NCCO3)cc1.O=C1CCCCC1. The zero-order valence-electron chi connectivity index (χ0n) is 54.3. The van der Waals surface area contributed by atoms with Gasteiger partial charge in [0.2, 0.25) is 27.7 Å². The zero-order valence-corrected chi connectivity index (χ0v) is 55.1. The van der Waals surface area contributed by atoms with Gasteiger partial charge < -0.3 is 25.4 Å². The summed E-state index contributed by atoms with van der Waals surface area (Å²) in [6.45, 7) is 18.1. The number of carbonyl (C=O) groups is 6. The molecule has 0 bridgehead atoms. The quantitative estimate of drug-likeness (QED) is 0.0927. The summed E-state index contributed by atoms with van der Waals surface area (Å²) in [7, 11) is -3.71. The third-order valence-corrected chi connectivity index (χ3v) is 17.8. The summed E-state index contributed by atoms with van der Waals surface area (Å²) in [5.41, 5.74) is 5.99. The predicted octanol–water partition coefficient (Wildman–Crippen LogP) is 8.33. The molecule has 93 heavy (non-hydrogen) atoms. The molecule has 0 radical (unpaired) electrons. The molecule has 4 N–H and O–H groups in total. The Morgan fingerprint density at radius 1 is 0.505 bits per heavy atom. The van der Waals surface area contributed by atoms with Gasteiger partial charge in [-0.1, -0.05) is 60.9 Å². The van der Waals surface area contributed by atoms with Crippen LogP contribution in [0.15, 0.2) is 102 Å². The molecule has 488 valence electrons. The highest BCUT2D eigenvalue weighted by Crippen LogP contribution is 2.39. The number of carbonyl (C=O) groups excluding carboxylic acids is 6. The van der Waals surface area contributed by atoms with Gasteiger partial charge in [-0.25, -0.2) is 8.42 Å². The normalized spacial score (nSPS) is 17.2. The minimum Gasteiger partial charge on any atom is -0.359 e. The van der Waals surface area contributed by atoms with Gasteiger partial charge in [-0.05, 0) is 157 Å². The van der Waals surface area contributed by atoms with Crippen molar-refractivity contribution in [2.75, 3.05) is 81.5 Å². The summed E-state index contributed by atoms with van der Waals surface area (Å²) in [6.07, 6.45) is 15.0. The van der Waals surface area contributed by atoms with Crippen LogP contribution in [0.5, 0.6) is 0 Å². The van der Waals surface area contributed by atoms with E-state index < -0.39 is 15.7 Å². The number of sulfonamides is 1. The lowest BCUT2D eigenvalue weighted by atomic mass is 10.00. The molecular formula is C74H86N8O10S. The molecule has 4 aromatic rings. The van der Waals surface area contributed by atoms with E-state index in [4.69, 9.17) is 15.9 Å². The predicted molar refractivity (Wildman–Crippen MR) is 362 cm³/mol. The molecule has 0 atom stereocenters. The number of ether oxygens (including phenoxy) is 2.